The largest absolute Gasteiger partial charge is 0.365 e. The number of aryl methyl sites for hydroxylation is 1. The first-order valence-electron chi connectivity index (χ1n) is 8.90. The Hall–Kier alpha value is -2.45. The molecule has 0 saturated heterocycles. The topological polar surface area (TPSA) is 45.1 Å². The van der Waals surface area contributed by atoms with Gasteiger partial charge in [-0.15, -0.1) is 0 Å². The third-order valence-electron chi connectivity index (χ3n) is 5.08. The molecule has 0 radical (unpaired) electrons. The van der Waals surface area contributed by atoms with Crippen molar-refractivity contribution in [2.75, 3.05) is 14.2 Å². The molecule has 1 atom stereocenters. The second kappa shape index (κ2) is 7.18. The van der Waals surface area contributed by atoms with E-state index in [1.165, 1.54) is 30.9 Å². The van der Waals surface area contributed by atoms with Crippen LogP contribution in [0.5, 0.6) is 0 Å². The van der Waals surface area contributed by atoms with Crippen molar-refractivity contribution in [1.29, 1.82) is 0 Å². The number of fused-ring (bicyclic) bond motifs is 2. The zero-order chi connectivity index (χ0) is 19.9. The van der Waals surface area contributed by atoms with Crippen LogP contribution in [-0.4, -0.2) is 35.3 Å². The minimum Gasteiger partial charge on any atom is -0.273 e. The van der Waals surface area contributed by atoms with E-state index in [1.54, 1.807) is 0 Å². The van der Waals surface area contributed by atoms with Crippen LogP contribution in [0, 0.1) is 11.6 Å². The molecule has 146 valence electrons. The minimum atomic E-state index is -0.827. The second-order valence-corrected chi connectivity index (χ2v) is 7.97. The summed E-state index contributed by atoms with van der Waals surface area (Å²) in [7, 11) is 2.88. The number of benzene rings is 2. The average Bonchev–Trinajstić information content (AvgIpc) is 3.08. The van der Waals surface area contributed by atoms with Crippen molar-refractivity contribution in [3.05, 3.63) is 70.8 Å². The van der Waals surface area contributed by atoms with Gasteiger partial charge in [-0.3, -0.25) is 4.84 Å². The molecule has 0 aromatic heterocycles. The van der Waals surface area contributed by atoms with Crippen molar-refractivity contribution in [3.8, 4) is 0 Å². The van der Waals surface area contributed by atoms with Crippen LogP contribution in [0.15, 0.2) is 47.6 Å². The number of hydroxylamine groups is 2. The second-order valence-electron chi connectivity index (χ2n) is 6.70. The lowest BCUT2D eigenvalue weighted by Gasteiger charge is -2.40. The van der Waals surface area contributed by atoms with E-state index < -0.39 is 22.5 Å². The molecule has 2 aromatic carbocycles. The summed E-state index contributed by atoms with van der Waals surface area (Å²) in [5.74, 6) is -1.14. The number of carbonyl (C=O) groups excluding carboxylic acids is 1. The van der Waals surface area contributed by atoms with Crippen LogP contribution in [-0.2, 0) is 16.1 Å². The first-order valence-corrected chi connectivity index (χ1v) is 9.71. The normalized spacial score (nSPS) is 20.9. The van der Waals surface area contributed by atoms with E-state index in [0.29, 0.717) is 6.42 Å². The Labute approximate surface area is 165 Å². The van der Waals surface area contributed by atoms with Gasteiger partial charge in [0.2, 0.25) is 0 Å². The number of nitrogens with zero attached hydrogens (tertiary/aromatic N) is 3. The number of halogens is 2. The van der Waals surface area contributed by atoms with Gasteiger partial charge in [0, 0.05) is 12.6 Å². The number of hydrazone groups is 1. The Morgan fingerprint density at radius 2 is 2.07 bits per heavy atom. The monoisotopic (exact) mass is 403 g/mol. The molecule has 4 rings (SSSR count). The molecule has 1 spiro atoms. The molecular weight excluding hydrogens is 384 g/mol. The number of rotatable bonds is 2. The first kappa shape index (κ1) is 18.9. The van der Waals surface area contributed by atoms with Crippen molar-refractivity contribution < 1.29 is 18.4 Å². The van der Waals surface area contributed by atoms with Gasteiger partial charge in [0.1, 0.15) is 21.5 Å². The Morgan fingerprint density at radius 3 is 2.86 bits per heavy atom. The first-order chi connectivity index (χ1) is 13.5. The maximum absolute atomic E-state index is 14.4. The van der Waals surface area contributed by atoms with Gasteiger partial charge < -0.3 is 0 Å². The fourth-order valence-electron chi connectivity index (χ4n) is 3.67. The van der Waals surface area contributed by atoms with Gasteiger partial charge in [-0.05, 0) is 48.6 Å². The molecule has 0 bridgehead atoms. The molecular formula is C20H19F2N3O2S. The van der Waals surface area contributed by atoms with Crippen LogP contribution in [0.25, 0.3) is 0 Å². The highest BCUT2D eigenvalue weighted by Crippen LogP contribution is 2.54. The molecule has 28 heavy (non-hydrogen) atoms. The Morgan fingerprint density at radius 1 is 1.29 bits per heavy atom. The maximum Gasteiger partial charge on any atom is 0.365 e. The molecule has 0 fully saturated rings. The van der Waals surface area contributed by atoms with Crippen LogP contribution in [0.1, 0.15) is 29.5 Å². The maximum atomic E-state index is 14.4. The smallest absolute Gasteiger partial charge is 0.273 e. The molecule has 2 amide bonds. The van der Waals surface area contributed by atoms with Gasteiger partial charge in [0.15, 0.2) is 0 Å². The highest BCUT2D eigenvalue weighted by Gasteiger charge is 2.51. The fraction of sp³-hybridized carbons (Fsp3) is 0.300. The van der Waals surface area contributed by atoms with E-state index in [1.807, 2.05) is 24.3 Å². The zero-order valence-corrected chi connectivity index (χ0v) is 16.3. The molecule has 1 heterocycles. The van der Waals surface area contributed by atoms with Crippen LogP contribution in [0.3, 0.4) is 0 Å². The Balaban J connectivity index is 1.86. The van der Waals surface area contributed by atoms with Gasteiger partial charge >= 0.3 is 6.03 Å². The summed E-state index contributed by atoms with van der Waals surface area (Å²) in [4.78, 5) is 17.3. The summed E-state index contributed by atoms with van der Waals surface area (Å²) >= 11 is 1.28. The standard InChI is InChI=1S/C20H19F2N3O2S/c1-24(27-2)19(26)25-20(11-5-7-13-6-3-4-8-16(13)20)28-18(23-25)15-12-14(21)9-10-17(15)22/h3-4,6,8-10,12H,5,7,11H2,1-2H3. The molecule has 5 nitrogen and oxygen atoms in total. The third-order valence-corrected chi connectivity index (χ3v) is 6.51. The third kappa shape index (κ3) is 2.97. The van der Waals surface area contributed by atoms with E-state index in [9.17, 15) is 13.6 Å². The molecule has 2 aliphatic rings. The van der Waals surface area contributed by atoms with Crippen molar-refractivity contribution >= 4 is 22.8 Å². The van der Waals surface area contributed by atoms with Gasteiger partial charge in [0.25, 0.3) is 0 Å². The lowest BCUT2D eigenvalue weighted by atomic mass is 9.87. The highest BCUT2D eigenvalue weighted by molar-refractivity contribution is 8.15. The van der Waals surface area contributed by atoms with Gasteiger partial charge in [0.05, 0.1) is 7.11 Å². The summed E-state index contributed by atoms with van der Waals surface area (Å²) in [6.45, 7) is 0. The summed E-state index contributed by atoms with van der Waals surface area (Å²) < 4.78 is 28.2. The fourth-order valence-corrected chi connectivity index (χ4v) is 5.14. The molecule has 1 unspecified atom stereocenters. The highest BCUT2D eigenvalue weighted by atomic mass is 32.2. The van der Waals surface area contributed by atoms with Crippen molar-refractivity contribution in [1.82, 2.24) is 10.1 Å². The van der Waals surface area contributed by atoms with Crippen molar-refractivity contribution in [2.45, 2.75) is 24.1 Å². The SMILES string of the molecule is CON(C)C(=O)N1N=C(c2cc(F)ccc2F)SC12CCCc1ccccc12. The molecule has 0 saturated carbocycles. The molecule has 1 aliphatic heterocycles. The van der Waals surface area contributed by atoms with Crippen molar-refractivity contribution in [2.24, 2.45) is 5.10 Å². The Bertz CT molecular complexity index is 968. The molecule has 0 N–H and O–H groups in total. The number of hydrogen-bond donors (Lipinski definition) is 0. The lowest BCUT2D eigenvalue weighted by molar-refractivity contribution is -0.0807. The summed E-state index contributed by atoms with van der Waals surface area (Å²) in [6.07, 6.45) is 2.38. The van der Waals surface area contributed by atoms with Crippen LogP contribution >= 0.6 is 11.8 Å². The molecule has 8 heteroatoms. The van der Waals surface area contributed by atoms with E-state index in [4.69, 9.17) is 4.84 Å². The van der Waals surface area contributed by atoms with Crippen LogP contribution < -0.4 is 0 Å². The van der Waals surface area contributed by atoms with Crippen LogP contribution in [0.4, 0.5) is 13.6 Å². The predicted molar refractivity (Wildman–Crippen MR) is 104 cm³/mol. The number of amides is 2. The number of hydrogen-bond acceptors (Lipinski definition) is 4. The van der Waals surface area contributed by atoms with Crippen molar-refractivity contribution in [3.63, 3.8) is 0 Å². The quantitative estimate of drug-likeness (QED) is 0.695. The zero-order valence-electron chi connectivity index (χ0n) is 15.5. The Kier molecular flexibility index (Phi) is 4.84. The summed E-state index contributed by atoms with van der Waals surface area (Å²) in [5.41, 5.74) is 2.12. The summed E-state index contributed by atoms with van der Waals surface area (Å²) in [5, 5.41) is 7.13. The van der Waals surface area contributed by atoms with Crippen LogP contribution in [0.2, 0.25) is 0 Å². The van der Waals surface area contributed by atoms with E-state index in [2.05, 4.69) is 5.10 Å². The minimum absolute atomic E-state index is 0.0443. The summed E-state index contributed by atoms with van der Waals surface area (Å²) in [6, 6.07) is 10.6. The number of carbonyl (C=O) groups is 1. The predicted octanol–water partition coefficient (Wildman–Crippen LogP) is 4.48. The van der Waals surface area contributed by atoms with E-state index in [0.717, 1.165) is 47.2 Å². The number of urea groups is 1. The van der Waals surface area contributed by atoms with E-state index >= 15 is 0 Å². The van der Waals surface area contributed by atoms with Gasteiger partial charge in [-0.1, -0.05) is 36.0 Å². The van der Waals surface area contributed by atoms with Gasteiger partial charge in [-0.2, -0.15) is 10.1 Å². The number of thioether (sulfide) groups is 1. The lowest BCUT2D eigenvalue weighted by Crippen LogP contribution is -2.48. The molecule has 1 aliphatic carbocycles. The van der Waals surface area contributed by atoms with E-state index in [-0.39, 0.29) is 10.6 Å². The average molecular weight is 403 g/mol. The molecule has 2 aromatic rings. The van der Waals surface area contributed by atoms with Gasteiger partial charge in [-0.25, -0.2) is 18.6 Å².